The molecule has 3 unspecified atom stereocenters. The quantitative estimate of drug-likeness (QED) is 0.672. The number of carbonyl (C=O) groups is 2. The van der Waals surface area contributed by atoms with Crippen LogP contribution >= 0.6 is 0 Å². The summed E-state index contributed by atoms with van der Waals surface area (Å²) in [4.78, 5) is 26.9. The molecule has 31 heavy (non-hydrogen) atoms. The Balaban J connectivity index is 1.54. The first-order valence-corrected chi connectivity index (χ1v) is 10.7. The van der Waals surface area contributed by atoms with Crippen LogP contribution in [0, 0.1) is 17.2 Å². The summed E-state index contributed by atoms with van der Waals surface area (Å²) in [7, 11) is 0. The van der Waals surface area contributed by atoms with E-state index in [1.807, 2.05) is 51.1 Å². The number of fused-ring (bicyclic) bond motifs is 1. The fraction of sp³-hybridized carbons (Fsp3) is 0.591. The van der Waals surface area contributed by atoms with Crippen LogP contribution in [-0.2, 0) is 9.53 Å². The van der Waals surface area contributed by atoms with Gasteiger partial charge in [0.05, 0.1) is 23.9 Å². The second-order valence-corrected chi connectivity index (χ2v) is 9.56. The van der Waals surface area contributed by atoms with Gasteiger partial charge < -0.3 is 20.3 Å². The minimum atomic E-state index is -0.576. The summed E-state index contributed by atoms with van der Waals surface area (Å²) in [6.07, 6.45) is 0.342. The van der Waals surface area contributed by atoms with Crippen LogP contribution < -0.4 is 16.1 Å². The molecule has 0 saturated carbocycles. The van der Waals surface area contributed by atoms with Gasteiger partial charge in [-0.3, -0.25) is 4.79 Å². The molecule has 166 valence electrons. The summed E-state index contributed by atoms with van der Waals surface area (Å²) in [6, 6.07) is 12.0. The fourth-order valence-corrected chi connectivity index (χ4v) is 4.75. The van der Waals surface area contributed by atoms with Crippen molar-refractivity contribution in [1.29, 1.82) is 5.26 Å². The number of ether oxygens (including phenoxy) is 1. The molecule has 0 spiro atoms. The van der Waals surface area contributed by atoms with E-state index in [0.29, 0.717) is 19.6 Å². The Hall–Kier alpha value is -2.83. The highest BCUT2D eigenvalue weighted by Gasteiger charge is 2.59. The predicted molar refractivity (Wildman–Crippen MR) is 115 cm³/mol. The lowest BCUT2D eigenvalue weighted by molar-refractivity contribution is -0.130. The van der Waals surface area contributed by atoms with Crippen molar-refractivity contribution in [3.8, 4) is 6.07 Å². The molecule has 0 aromatic heterocycles. The van der Waals surface area contributed by atoms with Crippen LogP contribution in [0.25, 0.3) is 0 Å². The van der Waals surface area contributed by atoms with Gasteiger partial charge in [0, 0.05) is 31.4 Å². The number of nitrogens with zero attached hydrogens (tertiary/aromatic N) is 3. The van der Waals surface area contributed by atoms with Crippen molar-refractivity contribution < 1.29 is 14.3 Å². The van der Waals surface area contributed by atoms with Crippen LogP contribution in [-0.4, -0.2) is 64.9 Å². The predicted octanol–water partition coefficient (Wildman–Crippen LogP) is 1.65. The molecule has 9 nitrogen and oxygen atoms in total. The standard InChI is InChI=1S/C22H30N6O3/c1-21(2,3)31-20(30)27-13-22(14-27,10-11-23)28-16-9-12-24-19(29)17(16)18(26-28)25-15-7-5-4-6-8-15/h4-8,16-18,25-26H,9-10,12-14H2,1-3H3,(H,24,29). The lowest BCUT2D eigenvalue weighted by atomic mass is 9.82. The van der Waals surface area contributed by atoms with E-state index in [1.165, 1.54) is 0 Å². The molecule has 4 rings (SSSR count). The van der Waals surface area contributed by atoms with Crippen LogP contribution in [0.3, 0.4) is 0 Å². The van der Waals surface area contributed by atoms with Crippen LogP contribution in [0.4, 0.5) is 10.5 Å². The minimum absolute atomic E-state index is 0.00453. The third-order valence-electron chi connectivity index (χ3n) is 6.06. The molecule has 3 heterocycles. The zero-order valence-electron chi connectivity index (χ0n) is 18.2. The second-order valence-electron chi connectivity index (χ2n) is 9.56. The van der Waals surface area contributed by atoms with Gasteiger partial charge in [0.1, 0.15) is 11.8 Å². The van der Waals surface area contributed by atoms with Crippen molar-refractivity contribution in [3.05, 3.63) is 30.3 Å². The van der Waals surface area contributed by atoms with Gasteiger partial charge in [0.15, 0.2) is 0 Å². The number of hydrogen-bond acceptors (Lipinski definition) is 7. The number of likely N-dealkylation sites (tertiary alicyclic amines) is 1. The molecular formula is C22H30N6O3. The first-order valence-electron chi connectivity index (χ1n) is 10.7. The monoisotopic (exact) mass is 426 g/mol. The van der Waals surface area contributed by atoms with E-state index < -0.39 is 11.1 Å². The van der Waals surface area contributed by atoms with Gasteiger partial charge >= 0.3 is 6.09 Å². The first kappa shape index (κ1) is 21.4. The average Bonchev–Trinajstić information content (AvgIpc) is 3.03. The first-order chi connectivity index (χ1) is 14.7. The zero-order chi connectivity index (χ0) is 22.2. The summed E-state index contributed by atoms with van der Waals surface area (Å²) < 4.78 is 5.49. The molecule has 3 atom stereocenters. The number of amides is 2. The fourth-order valence-electron chi connectivity index (χ4n) is 4.75. The van der Waals surface area contributed by atoms with Crippen molar-refractivity contribution in [3.63, 3.8) is 0 Å². The Kier molecular flexibility index (Phi) is 5.54. The molecule has 3 aliphatic heterocycles. The average molecular weight is 427 g/mol. The molecule has 0 aliphatic carbocycles. The maximum absolute atomic E-state index is 12.8. The van der Waals surface area contributed by atoms with E-state index >= 15 is 0 Å². The summed E-state index contributed by atoms with van der Waals surface area (Å²) in [5.41, 5.74) is 3.26. The van der Waals surface area contributed by atoms with Gasteiger partial charge in [-0.25, -0.2) is 15.2 Å². The van der Waals surface area contributed by atoms with E-state index in [1.54, 1.807) is 4.90 Å². The van der Waals surface area contributed by atoms with Crippen molar-refractivity contribution in [1.82, 2.24) is 20.7 Å². The minimum Gasteiger partial charge on any atom is -0.444 e. The molecule has 3 fully saturated rings. The Morgan fingerprint density at radius 2 is 2.03 bits per heavy atom. The molecule has 3 aliphatic rings. The molecule has 3 saturated heterocycles. The summed E-state index contributed by atoms with van der Waals surface area (Å²) in [5.74, 6) is -0.310. The summed E-state index contributed by atoms with van der Waals surface area (Å²) in [6.45, 7) is 6.85. The number of nitrogens with one attached hydrogen (secondary N) is 3. The number of carbonyl (C=O) groups excluding carboxylic acids is 2. The number of para-hydroxylation sites is 1. The highest BCUT2D eigenvalue weighted by atomic mass is 16.6. The maximum Gasteiger partial charge on any atom is 0.410 e. The SMILES string of the molecule is CC(C)(C)OC(=O)N1CC(CC#N)(N2NC(Nc3ccccc3)C3C(=O)NCCC32)C1. The van der Waals surface area contributed by atoms with Crippen LogP contribution in [0.5, 0.6) is 0 Å². The van der Waals surface area contributed by atoms with Crippen molar-refractivity contribution in [2.75, 3.05) is 25.0 Å². The maximum atomic E-state index is 12.8. The number of rotatable bonds is 4. The van der Waals surface area contributed by atoms with Gasteiger partial charge in [-0.15, -0.1) is 0 Å². The second kappa shape index (κ2) is 8.02. The third-order valence-corrected chi connectivity index (χ3v) is 6.06. The molecule has 2 amide bonds. The van der Waals surface area contributed by atoms with E-state index in [0.717, 1.165) is 12.1 Å². The largest absolute Gasteiger partial charge is 0.444 e. The summed E-state index contributed by atoms with van der Waals surface area (Å²) >= 11 is 0. The number of anilines is 1. The molecule has 1 aromatic rings. The number of piperidine rings is 1. The van der Waals surface area contributed by atoms with E-state index in [4.69, 9.17) is 4.74 Å². The highest BCUT2D eigenvalue weighted by Crippen LogP contribution is 2.40. The molecule has 0 bridgehead atoms. The summed E-state index contributed by atoms with van der Waals surface area (Å²) in [5, 5.41) is 18.0. The Labute approximate surface area is 182 Å². The van der Waals surface area contributed by atoms with E-state index in [2.05, 4.69) is 27.1 Å². The van der Waals surface area contributed by atoms with E-state index in [-0.39, 0.29) is 36.5 Å². The van der Waals surface area contributed by atoms with E-state index in [9.17, 15) is 14.9 Å². The van der Waals surface area contributed by atoms with Gasteiger partial charge in [0.2, 0.25) is 5.91 Å². The Morgan fingerprint density at radius 1 is 1.32 bits per heavy atom. The molecule has 0 radical (unpaired) electrons. The number of hydrogen-bond donors (Lipinski definition) is 3. The topological polar surface area (TPSA) is 110 Å². The lowest BCUT2D eigenvalue weighted by Gasteiger charge is -2.55. The third kappa shape index (κ3) is 4.18. The smallest absolute Gasteiger partial charge is 0.410 e. The van der Waals surface area contributed by atoms with Gasteiger partial charge in [-0.1, -0.05) is 18.2 Å². The van der Waals surface area contributed by atoms with Gasteiger partial charge in [-0.05, 0) is 39.3 Å². The van der Waals surface area contributed by atoms with Crippen LogP contribution in [0.2, 0.25) is 0 Å². The Morgan fingerprint density at radius 3 is 2.68 bits per heavy atom. The molecule has 3 N–H and O–H groups in total. The molecule has 9 heteroatoms. The number of hydrazine groups is 1. The van der Waals surface area contributed by atoms with Gasteiger partial charge in [0.25, 0.3) is 0 Å². The normalized spacial score (nSPS) is 27.5. The number of nitriles is 1. The van der Waals surface area contributed by atoms with Crippen molar-refractivity contribution >= 4 is 17.7 Å². The highest BCUT2D eigenvalue weighted by molar-refractivity contribution is 5.82. The molecular weight excluding hydrogens is 396 g/mol. The zero-order valence-corrected chi connectivity index (χ0v) is 18.2. The van der Waals surface area contributed by atoms with Crippen molar-refractivity contribution in [2.45, 2.75) is 57.0 Å². The Bertz CT molecular complexity index is 871. The van der Waals surface area contributed by atoms with Crippen LogP contribution in [0.15, 0.2) is 30.3 Å². The lowest BCUT2D eigenvalue weighted by Crippen LogP contribution is -2.74. The van der Waals surface area contributed by atoms with Gasteiger partial charge in [-0.2, -0.15) is 5.26 Å². The number of benzene rings is 1. The molecule has 1 aromatic carbocycles. The van der Waals surface area contributed by atoms with Crippen molar-refractivity contribution in [2.24, 2.45) is 5.92 Å². The van der Waals surface area contributed by atoms with Crippen LogP contribution in [0.1, 0.15) is 33.6 Å².